The Balaban J connectivity index is 1.65. The fourth-order valence-corrected chi connectivity index (χ4v) is 2.86. The van der Waals surface area contributed by atoms with E-state index in [9.17, 15) is 4.79 Å². The van der Waals surface area contributed by atoms with E-state index in [0.717, 1.165) is 24.5 Å². The highest BCUT2D eigenvalue weighted by atomic mass is 16.2. The normalized spacial score (nSPS) is 14.6. The average Bonchev–Trinajstić information content (AvgIpc) is 2.63. The zero-order chi connectivity index (χ0) is 16.1. The quantitative estimate of drug-likeness (QED) is 0.871. The summed E-state index contributed by atoms with van der Waals surface area (Å²) in [5.74, 6) is 0.763. The van der Waals surface area contributed by atoms with Crippen LogP contribution in [0.3, 0.4) is 0 Å². The second-order valence-electron chi connectivity index (χ2n) is 5.97. The maximum Gasteiger partial charge on any atom is 0.274 e. The zero-order valence-electron chi connectivity index (χ0n) is 13.5. The van der Waals surface area contributed by atoms with Gasteiger partial charge in [0, 0.05) is 26.7 Å². The summed E-state index contributed by atoms with van der Waals surface area (Å²) < 4.78 is 0. The Morgan fingerprint density at radius 3 is 2.43 bits per heavy atom. The standard InChI is InChI=1S/C18H22N4O/c1-21(14-15-8-4-2-5-9-15)18(23)16-10-11-17(20-19-16)22-12-6-3-7-13-22/h2,4-5,8-11H,3,6-7,12-14H2,1H3. The first-order chi connectivity index (χ1) is 11.2. The largest absolute Gasteiger partial charge is 0.355 e. The number of rotatable bonds is 4. The summed E-state index contributed by atoms with van der Waals surface area (Å²) >= 11 is 0. The van der Waals surface area contributed by atoms with Crippen LogP contribution in [0.4, 0.5) is 5.82 Å². The highest BCUT2D eigenvalue weighted by Gasteiger charge is 2.16. The number of aromatic nitrogens is 2. The van der Waals surface area contributed by atoms with Crippen LogP contribution in [0.1, 0.15) is 35.3 Å². The molecule has 2 aromatic rings. The lowest BCUT2D eigenvalue weighted by Gasteiger charge is -2.27. The van der Waals surface area contributed by atoms with Gasteiger partial charge >= 0.3 is 0 Å². The van der Waals surface area contributed by atoms with Gasteiger partial charge < -0.3 is 9.80 Å². The number of carbonyl (C=O) groups excluding carboxylic acids is 1. The first-order valence-corrected chi connectivity index (χ1v) is 8.12. The number of piperidine rings is 1. The topological polar surface area (TPSA) is 49.3 Å². The Hall–Kier alpha value is -2.43. The summed E-state index contributed by atoms with van der Waals surface area (Å²) in [6, 6.07) is 13.6. The Labute approximate surface area is 136 Å². The van der Waals surface area contributed by atoms with Crippen molar-refractivity contribution in [1.29, 1.82) is 0 Å². The molecule has 1 amide bonds. The summed E-state index contributed by atoms with van der Waals surface area (Å²) in [6.07, 6.45) is 3.68. The predicted molar refractivity (Wildman–Crippen MR) is 90.3 cm³/mol. The van der Waals surface area contributed by atoms with E-state index in [0.29, 0.717) is 12.2 Å². The molecule has 5 nitrogen and oxygen atoms in total. The minimum atomic E-state index is -0.105. The molecule has 0 N–H and O–H groups in total. The number of anilines is 1. The summed E-state index contributed by atoms with van der Waals surface area (Å²) in [4.78, 5) is 16.3. The number of benzene rings is 1. The Morgan fingerprint density at radius 2 is 1.78 bits per heavy atom. The maximum absolute atomic E-state index is 12.4. The minimum Gasteiger partial charge on any atom is -0.355 e. The third-order valence-electron chi connectivity index (χ3n) is 4.16. The van der Waals surface area contributed by atoms with E-state index in [4.69, 9.17) is 0 Å². The fraction of sp³-hybridized carbons (Fsp3) is 0.389. The van der Waals surface area contributed by atoms with Gasteiger partial charge in [0.2, 0.25) is 0 Å². The third-order valence-corrected chi connectivity index (χ3v) is 4.16. The molecule has 120 valence electrons. The van der Waals surface area contributed by atoms with Crippen LogP contribution in [0.2, 0.25) is 0 Å². The second-order valence-corrected chi connectivity index (χ2v) is 5.97. The van der Waals surface area contributed by atoms with Crippen molar-refractivity contribution < 1.29 is 4.79 Å². The lowest BCUT2D eigenvalue weighted by atomic mass is 10.1. The van der Waals surface area contributed by atoms with E-state index in [1.54, 1.807) is 18.0 Å². The van der Waals surface area contributed by atoms with Crippen LogP contribution in [0, 0.1) is 0 Å². The van der Waals surface area contributed by atoms with Crippen LogP contribution in [0.15, 0.2) is 42.5 Å². The van der Waals surface area contributed by atoms with Crippen molar-refractivity contribution in [3.63, 3.8) is 0 Å². The lowest BCUT2D eigenvalue weighted by Crippen LogP contribution is -2.31. The van der Waals surface area contributed by atoms with Gasteiger partial charge in [0.05, 0.1) is 0 Å². The molecule has 1 fully saturated rings. The monoisotopic (exact) mass is 310 g/mol. The molecule has 0 saturated carbocycles. The van der Waals surface area contributed by atoms with Crippen molar-refractivity contribution >= 4 is 11.7 Å². The second kappa shape index (κ2) is 7.22. The highest BCUT2D eigenvalue weighted by molar-refractivity contribution is 5.92. The van der Waals surface area contributed by atoms with Crippen molar-refractivity contribution in [2.75, 3.05) is 25.0 Å². The molecule has 3 rings (SSSR count). The molecule has 1 aliphatic heterocycles. The van der Waals surface area contributed by atoms with E-state index in [1.807, 2.05) is 36.4 Å². The van der Waals surface area contributed by atoms with Crippen LogP contribution in [-0.2, 0) is 6.54 Å². The van der Waals surface area contributed by atoms with E-state index >= 15 is 0 Å². The Morgan fingerprint density at radius 1 is 1.04 bits per heavy atom. The predicted octanol–water partition coefficient (Wildman–Crippen LogP) is 2.74. The van der Waals surface area contributed by atoms with E-state index in [2.05, 4.69) is 15.1 Å². The third kappa shape index (κ3) is 3.86. The number of nitrogens with zero attached hydrogens (tertiary/aromatic N) is 4. The smallest absolute Gasteiger partial charge is 0.274 e. The molecule has 2 heterocycles. The molecule has 0 atom stereocenters. The van der Waals surface area contributed by atoms with Crippen molar-refractivity contribution in [2.45, 2.75) is 25.8 Å². The summed E-state index contributed by atoms with van der Waals surface area (Å²) in [7, 11) is 1.79. The molecule has 0 bridgehead atoms. The SMILES string of the molecule is CN(Cc1ccccc1)C(=O)c1ccc(N2CCCCC2)nn1. The number of carbonyl (C=O) groups is 1. The average molecular weight is 310 g/mol. The van der Waals surface area contributed by atoms with E-state index in [-0.39, 0.29) is 5.91 Å². The van der Waals surface area contributed by atoms with Gasteiger partial charge in [0.25, 0.3) is 5.91 Å². The van der Waals surface area contributed by atoms with Crippen LogP contribution >= 0.6 is 0 Å². The molecule has 0 radical (unpaired) electrons. The van der Waals surface area contributed by atoms with Crippen molar-refractivity contribution in [2.24, 2.45) is 0 Å². The van der Waals surface area contributed by atoms with Gasteiger partial charge in [-0.2, -0.15) is 0 Å². The van der Waals surface area contributed by atoms with Gasteiger partial charge in [0.15, 0.2) is 11.5 Å². The van der Waals surface area contributed by atoms with Crippen molar-refractivity contribution in [1.82, 2.24) is 15.1 Å². The first-order valence-electron chi connectivity index (χ1n) is 8.12. The van der Waals surface area contributed by atoms with Crippen molar-refractivity contribution in [3.8, 4) is 0 Å². The van der Waals surface area contributed by atoms with E-state index in [1.165, 1.54) is 19.3 Å². The minimum absolute atomic E-state index is 0.105. The van der Waals surface area contributed by atoms with Gasteiger partial charge in [-0.3, -0.25) is 4.79 Å². The van der Waals surface area contributed by atoms with Crippen LogP contribution in [0.5, 0.6) is 0 Å². The highest BCUT2D eigenvalue weighted by Crippen LogP contribution is 2.17. The zero-order valence-corrected chi connectivity index (χ0v) is 13.5. The Bertz CT molecular complexity index is 636. The molecule has 23 heavy (non-hydrogen) atoms. The number of hydrogen-bond donors (Lipinski definition) is 0. The molecule has 5 heteroatoms. The molecule has 0 unspecified atom stereocenters. The maximum atomic E-state index is 12.4. The van der Waals surface area contributed by atoms with Crippen LogP contribution in [-0.4, -0.2) is 41.1 Å². The van der Waals surface area contributed by atoms with Gasteiger partial charge in [-0.05, 0) is 37.0 Å². The van der Waals surface area contributed by atoms with E-state index < -0.39 is 0 Å². The molecule has 1 saturated heterocycles. The molecule has 1 aromatic heterocycles. The lowest BCUT2D eigenvalue weighted by molar-refractivity contribution is 0.0778. The summed E-state index contributed by atoms with van der Waals surface area (Å²) in [5, 5.41) is 8.37. The summed E-state index contributed by atoms with van der Waals surface area (Å²) in [6.45, 7) is 2.61. The van der Waals surface area contributed by atoms with Gasteiger partial charge in [-0.25, -0.2) is 0 Å². The molecule has 0 aliphatic carbocycles. The first kappa shape index (κ1) is 15.5. The molecular formula is C18H22N4O. The molecule has 1 aromatic carbocycles. The molecular weight excluding hydrogens is 288 g/mol. The van der Waals surface area contributed by atoms with Gasteiger partial charge in [0.1, 0.15) is 0 Å². The van der Waals surface area contributed by atoms with Gasteiger partial charge in [-0.1, -0.05) is 30.3 Å². The molecule has 0 spiro atoms. The number of amides is 1. The molecule has 1 aliphatic rings. The van der Waals surface area contributed by atoms with Crippen LogP contribution < -0.4 is 4.90 Å². The van der Waals surface area contributed by atoms with Crippen LogP contribution in [0.25, 0.3) is 0 Å². The van der Waals surface area contributed by atoms with Crippen molar-refractivity contribution in [3.05, 3.63) is 53.7 Å². The fourth-order valence-electron chi connectivity index (χ4n) is 2.86. The Kier molecular flexibility index (Phi) is 4.86. The number of hydrogen-bond acceptors (Lipinski definition) is 4. The summed E-state index contributed by atoms with van der Waals surface area (Å²) in [5.41, 5.74) is 1.49. The van der Waals surface area contributed by atoms with Gasteiger partial charge in [-0.15, -0.1) is 10.2 Å².